The third-order valence-corrected chi connectivity index (χ3v) is 6.58. The van der Waals surface area contributed by atoms with Crippen LogP contribution in [0.4, 0.5) is 0 Å². The van der Waals surface area contributed by atoms with E-state index in [-0.39, 0.29) is 22.9 Å². The minimum absolute atomic E-state index is 0.00494. The number of nitrogens with zero attached hydrogens (tertiary/aromatic N) is 1. The number of carbonyl (C=O) groups is 1. The van der Waals surface area contributed by atoms with Gasteiger partial charge >= 0.3 is 0 Å². The van der Waals surface area contributed by atoms with Gasteiger partial charge in [-0.25, -0.2) is 13.1 Å². The predicted octanol–water partition coefficient (Wildman–Crippen LogP) is 1.39. The summed E-state index contributed by atoms with van der Waals surface area (Å²) in [7, 11) is -3.61. The molecule has 1 aliphatic carbocycles. The van der Waals surface area contributed by atoms with Gasteiger partial charge in [-0.2, -0.15) is 0 Å². The molecule has 0 bridgehead atoms. The molecule has 0 unspecified atom stereocenters. The molecule has 1 atom stereocenters. The van der Waals surface area contributed by atoms with E-state index in [9.17, 15) is 13.2 Å². The summed E-state index contributed by atoms with van der Waals surface area (Å²) < 4.78 is 28.2. The van der Waals surface area contributed by atoms with E-state index in [1.54, 1.807) is 24.0 Å². The molecule has 0 aromatic heterocycles. The number of amides is 1. The number of likely N-dealkylation sites (tertiary alicyclic amines) is 1. The standard InChI is InChI=1S/C17H25N3O3S/c1-12-6-7-13(17(21)20-9-8-14(18)11-20)10-16(12)24(22,23)19-15-4-2-3-5-15/h6-7,10,14-15,19H,2-5,8-9,11,18H2,1H3/t14-/m1/s1. The van der Waals surface area contributed by atoms with Gasteiger partial charge in [0.1, 0.15) is 0 Å². The maximum absolute atomic E-state index is 12.7. The van der Waals surface area contributed by atoms with E-state index in [1.165, 1.54) is 6.07 Å². The number of hydrogen-bond donors (Lipinski definition) is 2. The van der Waals surface area contributed by atoms with Crippen molar-refractivity contribution in [3.05, 3.63) is 29.3 Å². The molecule has 1 heterocycles. The summed E-state index contributed by atoms with van der Waals surface area (Å²) >= 11 is 0. The minimum Gasteiger partial charge on any atom is -0.337 e. The van der Waals surface area contributed by atoms with E-state index in [4.69, 9.17) is 5.73 Å². The van der Waals surface area contributed by atoms with Crippen LogP contribution < -0.4 is 10.5 Å². The van der Waals surface area contributed by atoms with Crippen LogP contribution in [-0.4, -0.2) is 44.4 Å². The molecule has 1 amide bonds. The van der Waals surface area contributed by atoms with Gasteiger partial charge in [-0.05, 0) is 43.9 Å². The van der Waals surface area contributed by atoms with E-state index < -0.39 is 10.0 Å². The lowest BCUT2D eigenvalue weighted by Gasteiger charge is -2.18. The second-order valence-corrected chi connectivity index (χ2v) is 8.57. The summed E-state index contributed by atoms with van der Waals surface area (Å²) in [5, 5.41) is 0. The molecule has 0 radical (unpaired) electrons. The van der Waals surface area contributed by atoms with Crippen molar-refractivity contribution in [2.24, 2.45) is 5.73 Å². The molecule has 1 saturated carbocycles. The highest BCUT2D eigenvalue weighted by Gasteiger charge is 2.28. The Kier molecular flexibility index (Phi) is 4.94. The predicted molar refractivity (Wildman–Crippen MR) is 92.3 cm³/mol. The van der Waals surface area contributed by atoms with Crippen molar-refractivity contribution in [3.63, 3.8) is 0 Å². The van der Waals surface area contributed by atoms with Crippen molar-refractivity contribution in [1.82, 2.24) is 9.62 Å². The molecule has 2 aliphatic rings. The van der Waals surface area contributed by atoms with E-state index in [2.05, 4.69) is 4.72 Å². The van der Waals surface area contributed by atoms with Crippen LogP contribution in [0.25, 0.3) is 0 Å². The molecular formula is C17H25N3O3S. The van der Waals surface area contributed by atoms with Crippen molar-refractivity contribution < 1.29 is 13.2 Å². The summed E-state index contributed by atoms with van der Waals surface area (Å²) in [6.07, 6.45) is 4.65. The number of rotatable bonds is 4. The average molecular weight is 351 g/mol. The van der Waals surface area contributed by atoms with Crippen LogP contribution in [0, 0.1) is 6.92 Å². The Morgan fingerprint density at radius 3 is 2.58 bits per heavy atom. The Hall–Kier alpha value is -1.44. The molecule has 3 N–H and O–H groups in total. The topological polar surface area (TPSA) is 92.5 Å². The van der Waals surface area contributed by atoms with Gasteiger partial charge in [0.25, 0.3) is 5.91 Å². The smallest absolute Gasteiger partial charge is 0.253 e. The summed E-state index contributed by atoms with van der Waals surface area (Å²) in [5.74, 6) is -0.153. The van der Waals surface area contributed by atoms with Gasteiger partial charge in [0.05, 0.1) is 4.90 Å². The zero-order valence-corrected chi connectivity index (χ0v) is 14.8. The number of benzene rings is 1. The Balaban J connectivity index is 1.84. The maximum atomic E-state index is 12.7. The second-order valence-electron chi connectivity index (χ2n) is 6.88. The highest BCUT2D eigenvalue weighted by atomic mass is 32.2. The van der Waals surface area contributed by atoms with E-state index in [0.29, 0.717) is 24.2 Å². The van der Waals surface area contributed by atoms with Crippen molar-refractivity contribution in [2.45, 2.75) is 56.0 Å². The van der Waals surface area contributed by atoms with E-state index >= 15 is 0 Å². The number of carbonyl (C=O) groups excluding carboxylic acids is 1. The van der Waals surface area contributed by atoms with Gasteiger partial charge in [0, 0.05) is 30.7 Å². The zero-order chi connectivity index (χ0) is 17.3. The van der Waals surface area contributed by atoms with Crippen molar-refractivity contribution in [1.29, 1.82) is 0 Å². The van der Waals surface area contributed by atoms with Gasteiger partial charge in [-0.3, -0.25) is 4.79 Å². The molecule has 3 rings (SSSR count). The lowest BCUT2D eigenvalue weighted by Crippen LogP contribution is -2.34. The zero-order valence-electron chi connectivity index (χ0n) is 14.0. The lowest BCUT2D eigenvalue weighted by molar-refractivity contribution is 0.0790. The van der Waals surface area contributed by atoms with Crippen LogP contribution in [0.2, 0.25) is 0 Å². The van der Waals surface area contributed by atoms with E-state index in [0.717, 1.165) is 32.1 Å². The Labute approximate surface area is 143 Å². The fourth-order valence-electron chi connectivity index (χ4n) is 3.50. The second kappa shape index (κ2) is 6.82. The lowest BCUT2D eigenvalue weighted by atomic mass is 10.1. The van der Waals surface area contributed by atoms with Crippen LogP contribution in [0.3, 0.4) is 0 Å². The Bertz CT molecular complexity index is 727. The highest BCUT2D eigenvalue weighted by Crippen LogP contribution is 2.23. The van der Waals surface area contributed by atoms with Crippen molar-refractivity contribution in [2.75, 3.05) is 13.1 Å². The number of aryl methyl sites for hydroxylation is 1. The molecule has 132 valence electrons. The van der Waals surface area contributed by atoms with Crippen LogP contribution in [0.1, 0.15) is 48.0 Å². The SMILES string of the molecule is Cc1ccc(C(=O)N2CC[C@@H](N)C2)cc1S(=O)(=O)NC1CCCC1. The Morgan fingerprint density at radius 2 is 1.96 bits per heavy atom. The minimum atomic E-state index is -3.61. The van der Waals surface area contributed by atoms with Crippen LogP contribution in [0.15, 0.2) is 23.1 Å². The summed E-state index contributed by atoms with van der Waals surface area (Å²) in [6, 6.07) is 4.90. The summed E-state index contributed by atoms with van der Waals surface area (Å²) in [4.78, 5) is 14.5. The van der Waals surface area contributed by atoms with Crippen LogP contribution in [0.5, 0.6) is 0 Å². The number of sulfonamides is 1. The molecule has 1 saturated heterocycles. The number of nitrogens with two attached hydrogens (primary N) is 1. The quantitative estimate of drug-likeness (QED) is 0.857. The molecular weight excluding hydrogens is 326 g/mol. The average Bonchev–Trinajstić information content (AvgIpc) is 3.18. The molecule has 7 heteroatoms. The third-order valence-electron chi connectivity index (χ3n) is 4.91. The van der Waals surface area contributed by atoms with Gasteiger partial charge in [-0.1, -0.05) is 18.9 Å². The first-order valence-corrected chi connectivity index (χ1v) is 10.0. The first kappa shape index (κ1) is 17.4. The monoisotopic (exact) mass is 351 g/mol. The molecule has 1 aromatic carbocycles. The summed E-state index contributed by atoms with van der Waals surface area (Å²) in [5.41, 5.74) is 6.91. The van der Waals surface area contributed by atoms with Gasteiger partial charge in [0.2, 0.25) is 10.0 Å². The number of nitrogens with one attached hydrogen (secondary N) is 1. The first-order valence-electron chi connectivity index (χ1n) is 8.54. The van der Waals surface area contributed by atoms with Crippen molar-refractivity contribution >= 4 is 15.9 Å². The summed E-state index contributed by atoms with van der Waals surface area (Å²) in [6.45, 7) is 2.90. The highest BCUT2D eigenvalue weighted by molar-refractivity contribution is 7.89. The molecule has 0 spiro atoms. The third kappa shape index (κ3) is 3.63. The van der Waals surface area contributed by atoms with Gasteiger partial charge < -0.3 is 10.6 Å². The fourth-order valence-corrected chi connectivity index (χ4v) is 5.08. The van der Waals surface area contributed by atoms with Gasteiger partial charge in [-0.15, -0.1) is 0 Å². The number of hydrogen-bond acceptors (Lipinski definition) is 4. The van der Waals surface area contributed by atoms with Crippen LogP contribution in [-0.2, 0) is 10.0 Å². The molecule has 1 aliphatic heterocycles. The largest absolute Gasteiger partial charge is 0.337 e. The molecule has 24 heavy (non-hydrogen) atoms. The van der Waals surface area contributed by atoms with E-state index in [1.807, 2.05) is 0 Å². The molecule has 6 nitrogen and oxygen atoms in total. The van der Waals surface area contributed by atoms with Crippen LogP contribution >= 0.6 is 0 Å². The molecule has 1 aromatic rings. The normalized spacial score (nSPS) is 22.2. The fraction of sp³-hybridized carbons (Fsp3) is 0.588. The Morgan fingerprint density at radius 1 is 1.25 bits per heavy atom. The van der Waals surface area contributed by atoms with Crippen molar-refractivity contribution in [3.8, 4) is 0 Å². The van der Waals surface area contributed by atoms with Gasteiger partial charge in [0.15, 0.2) is 0 Å². The maximum Gasteiger partial charge on any atom is 0.253 e. The molecule has 2 fully saturated rings. The first-order chi connectivity index (χ1) is 11.4.